The Balaban J connectivity index is 2.31. The molecule has 2 aromatic rings. The van der Waals surface area contributed by atoms with Crippen LogP contribution in [-0.2, 0) is 4.79 Å². The summed E-state index contributed by atoms with van der Waals surface area (Å²) < 4.78 is 4.92. The van der Waals surface area contributed by atoms with Crippen molar-refractivity contribution in [3.8, 4) is 0 Å². The van der Waals surface area contributed by atoms with Gasteiger partial charge in [-0.1, -0.05) is 17.7 Å². The van der Waals surface area contributed by atoms with Crippen molar-refractivity contribution in [2.24, 2.45) is 0 Å². The highest BCUT2D eigenvalue weighted by molar-refractivity contribution is 6.32. The van der Waals surface area contributed by atoms with E-state index in [0.717, 1.165) is 5.56 Å². The molecule has 0 aliphatic carbocycles. The standard InChI is InChI=1S/C15H14ClNO4/c1-10-2-4-11(5-3-10)17(8-6-13(18)19)15(20)12-7-9-21-14(12)16/h2-5,7,9H,6,8H2,1H3,(H,18,19). The predicted octanol–water partition coefficient (Wildman–Crippen LogP) is 3.36. The van der Waals surface area contributed by atoms with Crippen LogP contribution in [0.25, 0.3) is 0 Å². The van der Waals surface area contributed by atoms with Gasteiger partial charge in [0.2, 0.25) is 5.22 Å². The molecule has 0 radical (unpaired) electrons. The van der Waals surface area contributed by atoms with Crippen LogP contribution < -0.4 is 4.90 Å². The van der Waals surface area contributed by atoms with E-state index in [2.05, 4.69) is 0 Å². The molecule has 0 atom stereocenters. The van der Waals surface area contributed by atoms with Crippen molar-refractivity contribution in [3.05, 3.63) is 52.9 Å². The first-order valence-corrected chi connectivity index (χ1v) is 6.70. The van der Waals surface area contributed by atoms with Crippen LogP contribution in [0.15, 0.2) is 41.0 Å². The predicted molar refractivity (Wildman–Crippen MR) is 78.8 cm³/mol. The average molecular weight is 308 g/mol. The molecular formula is C15H14ClNO4. The number of carbonyl (C=O) groups excluding carboxylic acids is 1. The number of aliphatic carboxylic acids is 1. The lowest BCUT2D eigenvalue weighted by Gasteiger charge is -2.22. The summed E-state index contributed by atoms with van der Waals surface area (Å²) in [5, 5.41) is 8.83. The largest absolute Gasteiger partial charge is 0.481 e. The van der Waals surface area contributed by atoms with Crippen molar-refractivity contribution in [1.29, 1.82) is 0 Å². The minimum absolute atomic E-state index is 0.00700. The van der Waals surface area contributed by atoms with Crippen molar-refractivity contribution >= 4 is 29.2 Å². The van der Waals surface area contributed by atoms with E-state index in [4.69, 9.17) is 21.1 Å². The van der Waals surface area contributed by atoms with E-state index in [1.165, 1.54) is 17.2 Å². The van der Waals surface area contributed by atoms with Gasteiger partial charge in [-0.05, 0) is 36.7 Å². The lowest BCUT2D eigenvalue weighted by Crippen LogP contribution is -2.33. The molecule has 0 saturated carbocycles. The van der Waals surface area contributed by atoms with Gasteiger partial charge in [0.05, 0.1) is 18.2 Å². The fourth-order valence-corrected chi connectivity index (χ4v) is 2.07. The normalized spacial score (nSPS) is 10.4. The molecule has 0 spiro atoms. The molecule has 0 saturated heterocycles. The van der Waals surface area contributed by atoms with Crippen LogP contribution in [0.3, 0.4) is 0 Å². The molecule has 1 N–H and O–H groups in total. The quantitative estimate of drug-likeness (QED) is 0.919. The van der Waals surface area contributed by atoms with E-state index in [1.807, 2.05) is 19.1 Å². The molecule has 0 bridgehead atoms. The smallest absolute Gasteiger partial charge is 0.305 e. The number of benzene rings is 1. The van der Waals surface area contributed by atoms with Gasteiger partial charge in [0.15, 0.2) is 0 Å². The van der Waals surface area contributed by atoms with E-state index >= 15 is 0 Å². The Kier molecular flexibility index (Phi) is 4.65. The Bertz CT molecular complexity index is 648. The summed E-state index contributed by atoms with van der Waals surface area (Å²) in [6, 6.07) is 8.71. The number of nitrogens with zero attached hydrogens (tertiary/aromatic N) is 1. The van der Waals surface area contributed by atoms with Crippen LogP contribution in [0.1, 0.15) is 22.3 Å². The highest BCUT2D eigenvalue weighted by Gasteiger charge is 2.22. The number of furan rings is 1. The molecule has 1 aromatic heterocycles. The van der Waals surface area contributed by atoms with E-state index in [0.29, 0.717) is 5.69 Å². The first-order valence-electron chi connectivity index (χ1n) is 6.32. The van der Waals surface area contributed by atoms with Crippen LogP contribution in [0.2, 0.25) is 5.22 Å². The highest BCUT2D eigenvalue weighted by Crippen LogP contribution is 2.23. The highest BCUT2D eigenvalue weighted by atomic mass is 35.5. The Hall–Kier alpha value is -2.27. The number of aryl methyl sites for hydroxylation is 1. The molecule has 5 nitrogen and oxygen atoms in total. The minimum Gasteiger partial charge on any atom is -0.481 e. The SMILES string of the molecule is Cc1ccc(N(CCC(=O)O)C(=O)c2ccoc2Cl)cc1. The Morgan fingerprint density at radius 3 is 2.43 bits per heavy atom. The number of hydrogen-bond acceptors (Lipinski definition) is 3. The summed E-state index contributed by atoms with van der Waals surface area (Å²) in [6.07, 6.45) is 1.16. The van der Waals surface area contributed by atoms with Gasteiger partial charge in [0.1, 0.15) is 0 Å². The molecule has 21 heavy (non-hydrogen) atoms. The van der Waals surface area contributed by atoms with E-state index in [1.54, 1.807) is 12.1 Å². The zero-order valence-corrected chi connectivity index (χ0v) is 12.1. The van der Waals surface area contributed by atoms with Crippen molar-refractivity contribution < 1.29 is 19.1 Å². The maximum Gasteiger partial charge on any atom is 0.305 e. The fourth-order valence-electron chi connectivity index (χ4n) is 1.87. The summed E-state index contributed by atoms with van der Waals surface area (Å²) in [5.41, 5.74) is 1.87. The zero-order chi connectivity index (χ0) is 15.4. The van der Waals surface area contributed by atoms with Gasteiger partial charge in [0, 0.05) is 12.2 Å². The van der Waals surface area contributed by atoms with Crippen LogP contribution >= 0.6 is 11.6 Å². The monoisotopic (exact) mass is 307 g/mol. The Labute approximate surface area is 126 Å². The second-order valence-electron chi connectivity index (χ2n) is 4.54. The topological polar surface area (TPSA) is 70.8 Å². The second-order valence-corrected chi connectivity index (χ2v) is 4.89. The summed E-state index contributed by atoms with van der Waals surface area (Å²) in [6.45, 7) is 1.98. The first kappa shape index (κ1) is 15.1. The van der Waals surface area contributed by atoms with E-state index in [-0.39, 0.29) is 29.7 Å². The van der Waals surface area contributed by atoms with Crippen LogP contribution in [0.5, 0.6) is 0 Å². The molecule has 0 aliphatic heterocycles. The van der Waals surface area contributed by atoms with Crippen LogP contribution in [0.4, 0.5) is 5.69 Å². The van der Waals surface area contributed by atoms with E-state index < -0.39 is 5.97 Å². The van der Waals surface area contributed by atoms with E-state index in [9.17, 15) is 9.59 Å². The van der Waals surface area contributed by atoms with Gasteiger partial charge >= 0.3 is 5.97 Å². The molecule has 0 aliphatic rings. The van der Waals surface area contributed by atoms with Crippen LogP contribution in [0, 0.1) is 6.92 Å². The first-order chi connectivity index (χ1) is 9.99. The zero-order valence-electron chi connectivity index (χ0n) is 11.4. The minimum atomic E-state index is -0.974. The molecule has 0 fully saturated rings. The molecular weight excluding hydrogens is 294 g/mol. The number of carboxylic acid groups (broad SMARTS) is 1. The lowest BCUT2D eigenvalue weighted by atomic mass is 10.2. The molecule has 110 valence electrons. The van der Waals surface area contributed by atoms with Gasteiger partial charge < -0.3 is 14.4 Å². The maximum absolute atomic E-state index is 12.5. The third kappa shape index (κ3) is 3.64. The second kappa shape index (κ2) is 6.45. The summed E-state index contributed by atoms with van der Waals surface area (Å²) in [5.74, 6) is -1.36. The average Bonchev–Trinajstić information content (AvgIpc) is 2.86. The molecule has 1 aromatic carbocycles. The number of halogens is 1. The number of rotatable bonds is 5. The Morgan fingerprint density at radius 1 is 1.24 bits per heavy atom. The van der Waals surface area contributed by atoms with Gasteiger partial charge in [-0.2, -0.15) is 0 Å². The summed E-state index contributed by atoms with van der Waals surface area (Å²) >= 11 is 5.82. The molecule has 0 unspecified atom stereocenters. The van der Waals surface area contributed by atoms with Gasteiger partial charge in [-0.15, -0.1) is 0 Å². The summed E-state index contributed by atoms with van der Waals surface area (Å²) in [4.78, 5) is 24.7. The van der Waals surface area contributed by atoms with Crippen molar-refractivity contribution in [2.45, 2.75) is 13.3 Å². The van der Waals surface area contributed by atoms with Crippen molar-refractivity contribution in [3.63, 3.8) is 0 Å². The third-order valence-electron chi connectivity index (χ3n) is 2.99. The maximum atomic E-state index is 12.5. The molecule has 6 heteroatoms. The number of amides is 1. The fraction of sp³-hybridized carbons (Fsp3) is 0.200. The number of hydrogen-bond donors (Lipinski definition) is 1. The van der Waals surface area contributed by atoms with Gasteiger partial charge in [-0.3, -0.25) is 9.59 Å². The number of carbonyl (C=O) groups is 2. The van der Waals surface area contributed by atoms with Gasteiger partial charge in [-0.25, -0.2) is 0 Å². The number of carboxylic acids is 1. The van der Waals surface area contributed by atoms with Crippen LogP contribution in [-0.4, -0.2) is 23.5 Å². The summed E-state index contributed by atoms with van der Waals surface area (Å²) in [7, 11) is 0. The molecule has 1 heterocycles. The Morgan fingerprint density at radius 2 is 1.90 bits per heavy atom. The number of anilines is 1. The van der Waals surface area contributed by atoms with Crippen molar-refractivity contribution in [1.82, 2.24) is 0 Å². The van der Waals surface area contributed by atoms with Crippen molar-refractivity contribution in [2.75, 3.05) is 11.4 Å². The lowest BCUT2D eigenvalue weighted by molar-refractivity contribution is -0.136. The van der Waals surface area contributed by atoms with Gasteiger partial charge in [0.25, 0.3) is 5.91 Å². The third-order valence-corrected chi connectivity index (χ3v) is 3.28. The molecule has 1 amide bonds. The molecule has 2 rings (SSSR count).